The fraction of sp³-hybridized carbons (Fsp3) is 0.412. The van der Waals surface area contributed by atoms with Gasteiger partial charge in [0.1, 0.15) is 5.01 Å². The molecule has 1 N–H and O–H groups in total. The van der Waals surface area contributed by atoms with Crippen LogP contribution in [0.15, 0.2) is 29.6 Å². The molecule has 0 saturated heterocycles. The van der Waals surface area contributed by atoms with Crippen LogP contribution in [-0.4, -0.2) is 15.8 Å². The molecule has 0 fully saturated rings. The summed E-state index contributed by atoms with van der Waals surface area (Å²) in [5, 5.41) is 16.4. The summed E-state index contributed by atoms with van der Waals surface area (Å²) >= 11 is 1.54. The first-order valence-electron chi connectivity index (χ1n) is 7.65. The molecule has 0 spiro atoms. The lowest BCUT2D eigenvalue weighted by Crippen LogP contribution is -2.28. The van der Waals surface area contributed by atoms with Crippen molar-refractivity contribution in [2.45, 2.75) is 45.6 Å². The summed E-state index contributed by atoms with van der Waals surface area (Å²) in [6.45, 7) is 8.20. The SMILES string of the molecule is C[C@H](NC(=O)Cc1ccc([N+](=O)[O-])cc1)c1nc(C(C)(C)C)cs1. The monoisotopic (exact) mass is 347 g/mol. The van der Waals surface area contributed by atoms with Gasteiger partial charge in [-0.25, -0.2) is 4.98 Å². The second-order valence-corrected chi connectivity index (χ2v) is 7.60. The number of aromatic nitrogens is 1. The minimum Gasteiger partial charge on any atom is -0.347 e. The molecule has 24 heavy (non-hydrogen) atoms. The van der Waals surface area contributed by atoms with Crippen molar-refractivity contribution >= 4 is 22.9 Å². The maximum atomic E-state index is 12.2. The predicted molar refractivity (Wildman–Crippen MR) is 94.2 cm³/mol. The Morgan fingerprint density at radius 3 is 2.46 bits per heavy atom. The fourth-order valence-corrected chi connectivity index (χ4v) is 3.16. The van der Waals surface area contributed by atoms with Gasteiger partial charge in [-0.15, -0.1) is 11.3 Å². The Kier molecular flexibility index (Phi) is 5.33. The number of rotatable bonds is 5. The van der Waals surface area contributed by atoms with Crippen LogP contribution >= 0.6 is 11.3 Å². The van der Waals surface area contributed by atoms with E-state index < -0.39 is 4.92 Å². The van der Waals surface area contributed by atoms with E-state index in [9.17, 15) is 14.9 Å². The third-order valence-corrected chi connectivity index (χ3v) is 4.58. The number of hydrogen-bond donors (Lipinski definition) is 1. The van der Waals surface area contributed by atoms with Crippen LogP contribution in [0.25, 0.3) is 0 Å². The van der Waals surface area contributed by atoms with Crippen molar-refractivity contribution < 1.29 is 9.72 Å². The second kappa shape index (κ2) is 7.09. The topological polar surface area (TPSA) is 85.1 Å². The Morgan fingerprint density at radius 1 is 1.33 bits per heavy atom. The van der Waals surface area contributed by atoms with Gasteiger partial charge in [0.2, 0.25) is 5.91 Å². The summed E-state index contributed by atoms with van der Waals surface area (Å²) < 4.78 is 0. The molecule has 128 valence electrons. The number of hydrogen-bond acceptors (Lipinski definition) is 5. The van der Waals surface area contributed by atoms with E-state index in [0.29, 0.717) is 0 Å². The van der Waals surface area contributed by atoms with Gasteiger partial charge in [0.15, 0.2) is 0 Å². The van der Waals surface area contributed by atoms with Crippen molar-refractivity contribution in [3.8, 4) is 0 Å². The number of nitrogens with one attached hydrogen (secondary N) is 1. The summed E-state index contributed by atoms with van der Waals surface area (Å²) in [4.78, 5) is 26.9. The Balaban J connectivity index is 1.96. The summed E-state index contributed by atoms with van der Waals surface area (Å²) in [7, 11) is 0. The average molecular weight is 347 g/mol. The number of amides is 1. The number of carbonyl (C=O) groups excluding carboxylic acids is 1. The lowest BCUT2D eigenvalue weighted by Gasteiger charge is -2.15. The van der Waals surface area contributed by atoms with Gasteiger partial charge in [-0.05, 0) is 12.5 Å². The molecule has 1 amide bonds. The number of benzene rings is 1. The minimum absolute atomic E-state index is 0.0166. The molecule has 7 heteroatoms. The molecular formula is C17H21N3O3S. The summed E-state index contributed by atoms with van der Waals surface area (Å²) in [6, 6.07) is 5.84. The standard InChI is InChI=1S/C17H21N3O3S/c1-11(16-19-14(10-24-16)17(2,3)4)18-15(21)9-12-5-7-13(8-6-12)20(22)23/h5-8,10-11H,9H2,1-4H3,(H,18,21)/t11-/m0/s1. The van der Waals surface area contributed by atoms with E-state index in [0.717, 1.165) is 16.3 Å². The van der Waals surface area contributed by atoms with Gasteiger partial charge < -0.3 is 5.32 Å². The Labute approximate surface area is 145 Å². The van der Waals surface area contributed by atoms with E-state index in [1.165, 1.54) is 23.5 Å². The van der Waals surface area contributed by atoms with Crippen LogP contribution in [0.2, 0.25) is 0 Å². The molecule has 6 nitrogen and oxygen atoms in total. The van der Waals surface area contributed by atoms with E-state index >= 15 is 0 Å². The summed E-state index contributed by atoms with van der Waals surface area (Å²) in [6.07, 6.45) is 0.180. The van der Waals surface area contributed by atoms with Crippen LogP contribution in [-0.2, 0) is 16.6 Å². The van der Waals surface area contributed by atoms with E-state index in [2.05, 4.69) is 31.1 Å². The van der Waals surface area contributed by atoms with E-state index in [-0.39, 0.29) is 29.5 Å². The van der Waals surface area contributed by atoms with Crippen LogP contribution < -0.4 is 5.32 Å². The first-order valence-corrected chi connectivity index (χ1v) is 8.53. The normalized spacial score (nSPS) is 12.7. The third kappa shape index (κ3) is 4.61. The quantitative estimate of drug-likeness (QED) is 0.659. The largest absolute Gasteiger partial charge is 0.347 e. The molecule has 0 aliphatic rings. The van der Waals surface area contributed by atoms with Crippen LogP contribution in [0, 0.1) is 10.1 Å². The van der Waals surface area contributed by atoms with Crippen molar-refractivity contribution in [3.05, 3.63) is 56.0 Å². The van der Waals surface area contributed by atoms with Crippen molar-refractivity contribution in [2.24, 2.45) is 0 Å². The van der Waals surface area contributed by atoms with Gasteiger partial charge in [0, 0.05) is 22.9 Å². The first-order chi connectivity index (χ1) is 11.2. The highest BCUT2D eigenvalue weighted by Crippen LogP contribution is 2.26. The van der Waals surface area contributed by atoms with E-state index in [1.807, 2.05) is 12.3 Å². The fourth-order valence-electron chi connectivity index (χ4n) is 2.11. The molecule has 0 radical (unpaired) electrons. The first kappa shape index (κ1) is 18.1. The molecule has 1 atom stereocenters. The zero-order valence-electron chi connectivity index (χ0n) is 14.2. The smallest absolute Gasteiger partial charge is 0.269 e. The Bertz CT molecular complexity index is 732. The molecule has 0 unspecified atom stereocenters. The highest BCUT2D eigenvalue weighted by molar-refractivity contribution is 7.09. The number of thiazole rings is 1. The molecule has 2 rings (SSSR count). The maximum absolute atomic E-state index is 12.2. The van der Waals surface area contributed by atoms with Crippen molar-refractivity contribution in [2.75, 3.05) is 0 Å². The van der Waals surface area contributed by atoms with E-state index in [4.69, 9.17) is 0 Å². The van der Waals surface area contributed by atoms with Crippen LogP contribution in [0.4, 0.5) is 5.69 Å². The molecule has 1 aromatic heterocycles. The van der Waals surface area contributed by atoms with Crippen molar-refractivity contribution in [1.82, 2.24) is 10.3 Å². The number of nitro benzene ring substituents is 1. The van der Waals surface area contributed by atoms with Crippen LogP contribution in [0.1, 0.15) is 50.0 Å². The third-order valence-electron chi connectivity index (χ3n) is 3.55. The molecule has 0 aliphatic heterocycles. The van der Waals surface area contributed by atoms with Gasteiger partial charge in [0.05, 0.1) is 23.1 Å². The number of carbonyl (C=O) groups is 1. The van der Waals surface area contributed by atoms with Crippen LogP contribution in [0.3, 0.4) is 0 Å². The highest BCUT2D eigenvalue weighted by atomic mass is 32.1. The molecule has 0 saturated carbocycles. The number of nitrogens with zero attached hydrogens (tertiary/aromatic N) is 2. The van der Waals surface area contributed by atoms with Crippen LogP contribution in [0.5, 0.6) is 0 Å². The number of non-ortho nitro benzene ring substituents is 1. The zero-order chi connectivity index (χ0) is 17.9. The Morgan fingerprint density at radius 2 is 1.96 bits per heavy atom. The molecule has 0 aliphatic carbocycles. The molecule has 1 heterocycles. The highest BCUT2D eigenvalue weighted by Gasteiger charge is 2.20. The van der Waals surface area contributed by atoms with Gasteiger partial charge in [-0.1, -0.05) is 32.9 Å². The summed E-state index contributed by atoms with van der Waals surface area (Å²) in [5.41, 5.74) is 1.75. The molecule has 1 aromatic carbocycles. The van der Waals surface area contributed by atoms with E-state index in [1.54, 1.807) is 12.1 Å². The van der Waals surface area contributed by atoms with Gasteiger partial charge in [-0.3, -0.25) is 14.9 Å². The van der Waals surface area contributed by atoms with Gasteiger partial charge >= 0.3 is 0 Å². The molecule has 0 bridgehead atoms. The maximum Gasteiger partial charge on any atom is 0.269 e. The van der Waals surface area contributed by atoms with Gasteiger partial charge in [0.25, 0.3) is 5.69 Å². The predicted octanol–water partition coefficient (Wildman–Crippen LogP) is 3.77. The number of nitro groups is 1. The lowest BCUT2D eigenvalue weighted by molar-refractivity contribution is -0.384. The molecule has 2 aromatic rings. The zero-order valence-corrected chi connectivity index (χ0v) is 15.0. The molecular weight excluding hydrogens is 326 g/mol. The Hall–Kier alpha value is -2.28. The van der Waals surface area contributed by atoms with Crippen molar-refractivity contribution in [3.63, 3.8) is 0 Å². The summed E-state index contributed by atoms with van der Waals surface area (Å²) in [5.74, 6) is -0.135. The average Bonchev–Trinajstić information content (AvgIpc) is 2.97. The minimum atomic E-state index is -0.457. The second-order valence-electron chi connectivity index (χ2n) is 6.71. The van der Waals surface area contributed by atoms with Gasteiger partial charge in [-0.2, -0.15) is 0 Å². The van der Waals surface area contributed by atoms with Crippen molar-refractivity contribution in [1.29, 1.82) is 0 Å². The lowest BCUT2D eigenvalue weighted by atomic mass is 9.93.